The van der Waals surface area contributed by atoms with E-state index in [2.05, 4.69) is 20.3 Å². The summed E-state index contributed by atoms with van der Waals surface area (Å²) in [4.78, 5) is 23.3. The van der Waals surface area contributed by atoms with Gasteiger partial charge in [0.2, 0.25) is 5.91 Å². The minimum absolute atomic E-state index is 0.00749. The number of benzene rings is 2. The Morgan fingerprint density at radius 3 is 2.58 bits per heavy atom. The van der Waals surface area contributed by atoms with Crippen LogP contribution in [0.3, 0.4) is 0 Å². The van der Waals surface area contributed by atoms with Crippen LogP contribution in [-0.2, 0) is 14.3 Å². The third-order valence-electron chi connectivity index (χ3n) is 4.09. The van der Waals surface area contributed by atoms with E-state index in [-0.39, 0.29) is 18.2 Å². The smallest absolute Gasteiger partial charge is 0.325 e. The zero-order valence-corrected chi connectivity index (χ0v) is 18.9. The largest absolute Gasteiger partial charge is 0.495 e. The van der Waals surface area contributed by atoms with Crippen molar-refractivity contribution in [2.75, 3.05) is 26.5 Å². The van der Waals surface area contributed by atoms with Gasteiger partial charge in [0.15, 0.2) is 11.0 Å². The zero-order chi connectivity index (χ0) is 22.4. The van der Waals surface area contributed by atoms with Gasteiger partial charge in [0.25, 0.3) is 0 Å². The number of halogens is 2. The summed E-state index contributed by atoms with van der Waals surface area (Å²) in [5, 5.41) is 12.5. The first-order valence-corrected chi connectivity index (χ1v) is 10.7. The number of esters is 1. The second kappa shape index (κ2) is 10.5. The van der Waals surface area contributed by atoms with Crippen LogP contribution in [0.15, 0.2) is 47.6 Å². The number of nitrogens with one attached hydrogen (secondary N) is 1. The SMILES string of the molecule is COC(=O)CNC(=O)CSc1nnc(-c2cccc(Cl)c2)n1-c1cc(Cl)ccc1OC. The van der Waals surface area contributed by atoms with Crippen molar-refractivity contribution in [2.24, 2.45) is 0 Å². The average Bonchev–Trinajstić information content (AvgIpc) is 3.19. The van der Waals surface area contributed by atoms with Crippen LogP contribution >= 0.6 is 35.0 Å². The Morgan fingerprint density at radius 2 is 1.87 bits per heavy atom. The molecule has 0 aliphatic rings. The molecule has 31 heavy (non-hydrogen) atoms. The topological polar surface area (TPSA) is 95.3 Å². The minimum atomic E-state index is -0.534. The van der Waals surface area contributed by atoms with E-state index in [9.17, 15) is 9.59 Å². The normalized spacial score (nSPS) is 10.6. The van der Waals surface area contributed by atoms with Crippen LogP contribution in [0.25, 0.3) is 17.1 Å². The summed E-state index contributed by atoms with van der Waals surface area (Å²) in [6.45, 7) is -0.210. The van der Waals surface area contributed by atoms with E-state index in [0.717, 1.165) is 17.3 Å². The second-order valence-electron chi connectivity index (χ2n) is 6.11. The van der Waals surface area contributed by atoms with Crippen LogP contribution < -0.4 is 10.1 Å². The molecule has 0 atom stereocenters. The summed E-state index contributed by atoms with van der Waals surface area (Å²) >= 11 is 13.5. The Morgan fingerprint density at radius 1 is 1.10 bits per heavy atom. The first-order valence-electron chi connectivity index (χ1n) is 8.94. The number of methoxy groups -OCH3 is 2. The Kier molecular flexibility index (Phi) is 7.78. The van der Waals surface area contributed by atoms with Crippen molar-refractivity contribution < 1.29 is 19.1 Å². The third kappa shape index (κ3) is 5.69. The maximum absolute atomic E-state index is 12.1. The van der Waals surface area contributed by atoms with Gasteiger partial charge >= 0.3 is 5.97 Å². The molecule has 8 nitrogen and oxygen atoms in total. The number of hydrogen-bond donors (Lipinski definition) is 1. The van der Waals surface area contributed by atoms with E-state index in [0.29, 0.717) is 32.5 Å². The highest BCUT2D eigenvalue weighted by molar-refractivity contribution is 7.99. The first kappa shape index (κ1) is 22.9. The molecule has 0 saturated heterocycles. The molecular formula is C20H18Cl2N4O4S. The zero-order valence-electron chi connectivity index (χ0n) is 16.6. The minimum Gasteiger partial charge on any atom is -0.495 e. The van der Waals surface area contributed by atoms with Gasteiger partial charge < -0.3 is 14.8 Å². The molecular weight excluding hydrogens is 463 g/mol. The molecule has 1 amide bonds. The highest BCUT2D eigenvalue weighted by Crippen LogP contribution is 2.34. The number of thioether (sulfide) groups is 1. The van der Waals surface area contributed by atoms with Gasteiger partial charge in [-0.1, -0.05) is 47.1 Å². The lowest BCUT2D eigenvalue weighted by Crippen LogP contribution is -2.31. The van der Waals surface area contributed by atoms with Crippen molar-refractivity contribution in [1.29, 1.82) is 0 Å². The summed E-state index contributed by atoms with van der Waals surface area (Å²) in [5.41, 5.74) is 1.33. The van der Waals surface area contributed by atoms with Crippen molar-refractivity contribution in [2.45, 2.75) is 5.16 Å². The Labute approximate surface area is 192 Å². The highest BCUT2D eigenvalue weighted by atomic mass is 35.5. The highest BCUT2D eigenvalue weighted by Gasteiger charge is 2.20. The molecule has 0 fully saturated rings. The number of ether oxygens (including phenoxy) is 2. The van der Waals surface area contributed by atoms with Crippen molar-refractivity contribution in [3.63, 3.8) is 0 Å². The molecule has 0 saturated carbocycles. The number of aromatic nitrogens is 3. The van der Waals surface area contributed by atoms with Crippen LogP contribution in [0, 0.1) is 0 Å². The predicted molar refractivity (Wildman–Crippen MR) is 119 cm³/mol. The molecule has 0 radical (unpaired) electrons. The van der Waals surface area contributed by atoms with Gasteiger partial charge in [-0.3, -0.25) is 14.2 Å². The Hall–Kier alpha value is -2.75. The van der Waals surface area contributed by atoms with Gasteiger partial charge in [-0.25, -0.2) is 0 Å². The fourth-order valence-corrected chi connectivity index (χ4v) is 3.79. The van der Waals surface area contributed by atoms with Gasteiger partial charge in [0.1, 0.15) is 12.3 Å². The van der Waals surface area contributed by atoms with Crippen molar-refractivity contribution in [3.8, 4) is 22.8 Å². The van der Waals surface area contributed by atoms with E-state index >= 15 is 0 Å². The van der Waals surface area contributed by atoms with Gasteiger partial charge in [-0.2, -0.15) is 0 Å². The van der Waals surface area contributed by atoms with Crippen molar-refractivity contribution >= 4 is 46.8 Å². The average molecular weight is 481 g/mol. The molecule has 11 heteroatoms. The van der Waals surface area contributed by atoms with E-state index in [4.69, 9.17) is 27.9 Å². The third-order valence-corrected chi connectivity index (χ3v) is 5.49. The maximum atomic E-state index is 12.1. The lowest BCUT2D eigenvalue weighted by atomic mass is 10.2. The van der Waals surface area contributed by atoms with Gasteiger partial charge in [-0.05, 0) is 30.3 Å². The summed E-state index contributed by atoms with van der Waals surface area (Å²) in [6.07, 6.45) is 0. The molecule has 3 aromatic rings. The first-order chi connectivity index (χ1) is 14.9. The van der Waals surface area contributed by atoms with Crippen LogP contribution in [0.5, 0.6) is 5.75 Å². The van der Waals surface area contributed by atoms with Crippen LogP contribution in [0.2, 0.25) is 10.0 Å². The standard InChI is InChI=1S/C20H18Cl2N4O4S/c1-29-16-7-6-14(22)9-15(16)26-19(12-4-3-5-13(21)8-12)24-25-20(26)31-11-17(27)23-10-18(28)30-2/h3-9H,10-11H2,1-2H3,(H,23,27). The van der Waals surface area contributed by atoms with E-state index in [1.54, 1.807) is 48.1 Å². The molecule has 0 bridgehead atoms. The number of carbonyl (C=O) groups excluding carboxylic acids is 2. The Bertz CT molecular complexity index is 1110. The molecule has 162 valence electrons. The van der Waals surface area contributed by atoms with Crippen LogP contribution in [-0.4, -0.2) is 53.2 Å². The van der Waals surface area contributed by atoms with Crippen molar-refractivity contribution in [1.82, 2.24) is 20.1 Å². The molecule has 3 rings (SSSR count). The summed E-state index contributed by atoms with van der Waals surface area (Å²) in [5.74, 6) is 0.166. The lowest BCUT2D eigenvalue weighted by molar-refractivity contribution is -0.140. The molecule has 0 spiro atoms. The number of amides is 1. The second-order valence-corrected chi connectivity index (χ2v) is 7.93. The van der Waals surface area contributed by atoms with Crippen LogP contribution in [0.4, 0.5) is 0 Å². The molecule has 1 N–H and O–H groups in total. The van der Waals surface area contributed by atoms with Gasteiger partial charge in [0.05, 0.1) is 25.7 Å². The van der Waals surface area contributed by atoms with Gasteiger partial charge in [0, 0.05) is 15.6 Å². The number of hydrogen-bond acceptors (Lipinski definition) is 7. The quantitative estimate of drug-likeness (QED) is 0.388. The molecule has 0 aliphatic heterocycles. The number of carbonyl (C=O) groups is 2. The molecule has 0 aliphatic carbocycles. The molecule has 0 unspecified atom stereocenters. The van der Waals surface area contributed by atoms with Gasteiger partial charge in [-0.15, -0.1) is 10.2 Å². The number of nitrogens with zero attached hydrogens (tertiary/aromatic N) is 3. The molecule has 2 aromatic carbocycles. The van der Waals surface area contributed by atoms with E-state index < -0.39 is 5.97 Å². The molecule has 1 aromatic heterocycles. The van der Waals surface area contributed by atoms with E-state index in [1.807, 2.05) is 6.07 Å². The predicted octanol–water partition coefficient (Wildman–Crippen LogP) is 3.63. The fraction of sp³-hybridized carbons (Fsp3) is 0.200. The van der Waals surface area contributed by atoms with E-state index in [1.165, 1.54) is 7.11 Å². The monoisotopic (exact) mass is 480 g/mol. The summed E-state index contributed by atoms with van der Waals surface area (Å²) in [7, 11) is 2.80. The molecule has 1 heterocycles. The lowest BCUT2D eigenvalue weighted by Gasteiger charge is -2.14. The van der Waals surface area contributed by atoms with Crippen molar-refractivity contribution in [3.05, 3.63) is 52.5 Å². The summed E-state index contributed by atoms with van der Waals surface area (Å²) in [6, 6.07) is 12.3. The fourth-order valence-electron chi connectivity index (χ4n) is 2.66. The Balaban J connectivity index is 1.98. The summed E-state index contributed by atoms with van der Waals surface area (Å²) < 4.78 is 11.8. The number of rotatable bonds is 8. The van der Waals surface area contributed by atoms with Crippen LogP contribution in [0.1, 0.15) is 0 Å². The maximum Gasteiger partial charge on any atom is 0.325 e.